The van der Waals surface area contributed by atoms with Gasteiger partial charge in [0.2, 0.25) is 0 Å². The Hall–Kier alpha value is -0.820. The lowest BCUT2D eigenvalue weighted by molar-refractivity contribution is 0.339. The van der Waals surface area contributed by atoms with Crippen molar-refractivity contribution in [3.8, 4) is 0 Å². The Morgan fingerprint density at radius 2 is 1.53 bits per heavy atom. The molecule has 0 aliphatic heterocycles. The highest BCUT2D eigenvalue weighted by Crippen LogP contribution is 2.22. The normalized spacial score (nSPS) is 15.2. The summed E-state index contributed by atoms with van der Waals surface area (Å²) in [6.45, 7) is 11.4. The zero-order valence-electron chi connectivity index (χ0n) is 11.9. The van der Waals surface area contributed by atoms with Crippen molar-refractivity contribution in [2.45, 2.75) is 53.1 Å². The van der Waals surface area contributed by atoms with Gasteiger partial charge in [-0.25, -0.2) is 0 Å². The van der Waals surface area contributed by atoms with Gasteiger partial charge < -0.3 is 5.32 Å². The molecule has 1 rings (SSSR count). The van der Waals surface area contributed by atoms with E-state index in [1.165, 1.54) is 12.0 Å². The summed E-state index contributed by atoms with van der Waals surface area (Å²) in [6.07, 6.45) is 1.23. The summed E-state index contributed by atoms with van der Waals surface area (Å²) in [4.78, 5) is 0. The molecule has 2 unspecified atom stereocenters. The van der Waals surface area contributed by atoms with Crippen LogP contribution in [0.1, 0.15) is 52.6 Å². The van der Waals surface area contributed by atoms with Gasteiger partial charge in [-0.3, -0.25) is 0 Å². The second-order valence-electron chi connectivity index (χ2n) is 5.83. The number of nitrogens with one attached hydrogen (secondary N) is 1. The molecule has 0 amide bonds. The molecule has 1 aromatic carbocycles. The minimum absolute atomic E-state index is 0.463. The van der Waals surface area contributed by atoms with Crippen LogP contribution in [0.15, 0.2) is 30.3 Å². The lowest BCUT2D eigenvalue weighted by atomic mass is 9.94. The number of rotatable bonds is 6. The zero-order valence-corrected chi connectivity index (χ0v) is 11.9. The fourth-order valence-electron chi connectivity index (χ4n) is 2.42. The maximum Gasteiger partial charge on any atom is 0.0345 e. The SMILES string of the molecule is CC(C)CC(C)NC(c1ccccc1)C(C)C. The van der Waals surface area contributed by atoms with E-state index < -0.39 is 0 Å². The first-order chi connectivity index (χ1) is 8.00. The summed E-state index contributed by atoms with van der Waals surface area (Å²) in [5, 5.41) is 3.76. The van der Waals surface area contributed by atoms with E-state index in [1.54, 1.807) is 0 Å². The molecule has 0 aliphatic carbocycles. The summed E-state index contributed by atoms with van der Waals surface area (Å²) in [7, 11) is 0. The Labute approximate surface area is 107 Å². The Morgan fingerprint density at radius 3 is 2.00 bits per heavy atom. The average Bonchev–Trinajstić information content (AvgIpc) is 2.25. The van der Waals surface area contributed by atoms with Crippen molar-refractivity contribution in [3.63, 3.8) is 0 Å². The fourth-order valence-corrected chi connectivity index (χ4v) is 2.42. The smallest absolute Gasteiger partial charge is 0.0345 e. The molecule has 0 aromatic heterocycles. The van der Waals surface area contributed by atoms with Crippen molar-refractivity contribution in [1.29, 1.82) is 0 Å². The van der Waals surface area contributed by atoms with Gasteiger partial charge in [-0.2, -0.15) is 0 Å². The van der Waals surface area contributed by atoms with Gasteiger partial charge in [-0.15, -0.1) is 0 Å². The highest BCUT2D eigenvalue weighted by molar-refractivity contribution is 5.19. The van der Waals surface area contributed by atoms with Crippen molar-refractivity contribution in [2.75, 3.05) is 0 Å². The van der Waals surface area contributed by atoms with Crippen molar-refractivity contribution >= 4 is 0 Å². The first kappa shape index (κ1) is 14.2. The van der Waals surface area contributed by atoms with Crippen LogP contribution in [0, 0.1) is 11.8 Å². The van der Waals surface area contributed by atoms with Gasteiger partial charge in [0.1, 0.15) is 0 Å². The molecule has 17 heavy (non-hydrogen) atoms. The van der Waals surface area contributed by atoms with Crippen LogP contribution in [0.5, 0.6) is 0 Å². The third-order valence-corrected chi connectivity index (χ3v) is 3.11. The van der Waals surface area contributed by atoms with E-state index in [9.17, 15) is 0 Å². The summed E-state index contributed by atoms with van der Waals surface area (Å²) in [6, 6.07) is 11.8. The minimum Gasteiger partial charge on any atom is -0.307 e. The van der Waals surface area contributed by atoms with E-state index in [0.717, 1.165) is 5.92 Å². The first-order valence-electron chi connectivity index (χ1n) is 6.81. The van der Waals surface area contributed by atoms with Gasteiger partial charge in [0.25, 0.3) is 0 Å². The molecular formula is C16H27N. The molecule has 96 valence electrons. The van der Waals surface area contributed by atoms with Crippen LogP contribution in [0.2, 0.25) is 0 Å². The van der Waals surface area contributed by atoms with Gasteiger partial charge in [-0.05, 0) is 30.7 Å². The van der Waals surface area contributed by atoms with Crippen LogP contribution < -0.4 is 5.32 Å². The first-order valence-corrected chi connectivity index (χ1v) is 6.81. The zero-order chi connectivity index (χ0) is 12.8. The highest BCUT2D eigenvalue weighted by Gasteiger charge is 2.17. The van der Waals surface area contributed by atoms with Crippen LogP contribution in [0.25, 0.3) is 0 Å². The molecule has 0 saturated carbocycles. The summed E-state index contributed by atoms with van der Waals surface area (Å²) in [5.74, 6) is 1.37. The summed E-state index contributed by atoms with van der Waals surface area (Å²) >= 11 is 0. The minimum atomic E-state index is 0.463. The van der Waals surface area contributed by atoms with Crippen molar-refractivity contribution in [2.24, 2.45) is 11.8 Å². The quantitative estimate of drug-likeness (QED) is 0.767. The molecule has 1 N–H and O–H groups in total. The molecule has 0 aliphatic rings. The molecule has 1 nitrogen and oxygen atoms in total. The molecule has 0 radical (unpaired) electrons. The predicted octanol–water partition coefficient (Wildman–Crippen LogP) is 4.41. The van der Waals surface area contributed by atoms with E-state index in [1.807, 2.05) is 0 Å². The van der Waals surface area contributed by atoms with Crippen molar-refractivity contribution < 1.29 is 0 Å². The maximum atomic E-state index is 3.76. The molecule has 1 heteroatoms. The van der Waals surface area contributed by atoms with E-state index >= 15 is 0 Å². The van der Waals surface area contributed by atoms with Crippen LogP contribution >= 0.6 is 0 Å². The maximum absolute atomic E-state index is 3.76. The Bertz CT molecular complexity index is 303. The van der Waals surface area contributed by atoms with Crippen LogP contribution in [0.3, 0.4) is 0 Å². The van der Waals surface area contributed by atoms with Crippen molar-refractivity contribution in [1.82, 2.24) is 5.32 Å². The summed E-state index contributed by atoms with van der Waals surface area (Å²) < 4.78 is 0. The molecule has 0 bridgehead atoms. The standard InChI is InChI=1S/C16H27N/c1-12(2)11-14(5)17-16(13(3)4)15-9-7-6-8-10-15/h6-10,12-14,16-17H,11H2,1-5H3. The number of hydrogen-bond acceptors (Lipinski definition) is 1. The van der Waals surface area contributed by atoms with Gasteiger partial charge in [0, 0.05) is 12.1 Å². The summed E-state index contributed by atoms with van der Waals surface area (Å²) in [5.41, 5.74) is 1.40. The Balaban J connectivity index is 2.68. The van der Waals surface area contributed by atoms with E-state index in [0.29, 0.717) is 18.0 Å². The third kappa shape index (κ3) is 4.91. The van der Waals surface area contributed by atoms with Crippen LogP contribution in [-0.4, -0.2) is 6.04 Å². The predicted molar refractivity (Wildman–Crippen MR) is 76.1 cm³/mol. The molecule has 0 heterocycles. The largest absolute Gasteiger partial charge is 0.307 e. The number of benzene rings is 1. The fraction of sp³-hybridized carbons (Fsp3) is 0.625. The van der Waals surface area contributed by atoms with E-state index in [4.69, 9.17) is 0 Å². The molecule has 0 saturated heterocycles. The van der Waals surface area contributed by atoms with Gasteiger partial charge in [0.15, 0.2) is 0 Å². The second-order valence-corrected chi connectivity index (χ2v) is 5.83. The van der Waals surface area contributed by atoms with E-state index in [-0.39, 0.29) is 0 Å². The second kappa shape index (κ2) is 6.80. The lowest BCUT2D eigenvalue weighted by Gasteiger charge is -2.27. The topological polar surface area (TPSA) is 12.0 Å². The molecule has 1 aromatic rings. The molecule has 2 atom stereocenters. The molecule has 0 fully saturated rings. The monoisotopic (exact) mass is 233 g/mol. The van der Waals surface area contributed by atoms with Crippen LogP contribution in [0.4, 0.5) is 0 Å². The Morgan fingerprint density at radius 1 is 0.941 bits per heavy atom. The van der Waals surface area contributed by atoms with Crippen molar-refractivity contribution in [3.05, 3.63) is 35.9 Å². The Kier molecular flexibility index (Phi) is 5.70. The average molecular weight is 233 g/mol. The third-order valence-electron chi connectivity index (χ3n) is 3.11. The lowest BCUT2D eigenvalue weighted by Crippen LogP contribution is -2.34. The van der Waals surface area contributed by atoms with Gasteiger partial charge in [-0.1, -0.05) is 58.0 Å². The highest BCUT2D eigenvalue weighted by atomic mass is 14.9. The van der Waals surface area contributed by atoms with Crippen LogP contribution in [-0.2, 0) is 0 Å². The van der Waals surface area contributed by atoms with Gasteiger partial charge >= 0.3 is 0 Å². The molecular weight excluding hydrogens is 206 g/mol. The number of hydrogen-bond donors (Lipinski definition) is 1. The van der Waals surface area contributed by atoms with E-state index in [2.05, 4.69) is 70.3 Å². The van der Waals surface area contributed by atoms with Gasteiger partial charge in [0.05, 0.1) is 0 Å². The molecule has 0 spiro atoms.